The van der Waals surface area contributed by atoms with Gasteiger partial charge in [0, 0.05) is 16.0 Å². The van der Waals surface area contributed by atoms with Gasteiger partial charge >= 0.3 is 0 Å². The van der Waals surface area contributed by atoms with Crippen LogP contribution in [0.15, 0.2) is 53.0 Å². The third kappa shape index (κ3) is 2.34. The predicted molar refractivity (Wildman–Crippen MR) is 111 cm³/mol. The van der Waals surface area contributed by atoms with Crippen LogP contribution in [0.4, 0.5) is 11.4 Å². The van der Waals surface area contributed by atoms with Gasteiger partial charge in [0.15, 0.2) is 0 Å². The van der Waals surface area contributed by atoms with Gasteiger partial charge < -0.3 is 10.6 Å². The number of carbonyl (C=O) groups is 3. The van der Waals surface area contributed by atoms with Gasteiger partial charge in [0.25, 0.3) is 5.91 Å². The minimum Gasteiger partial charge on any atom is -0.326 e. The Kier molecular flexibility index (Phi) is 3.98. The first kappa shape index (κ1) is 18.5. The first-order chi connectivity index (χ1) is 13.9. The summed E-state index contributed by atoms with van der Waals surface area (Å²) in [7, 11) is 0. The number of carbonyl (C=O) groups excluding carboxylic acids is 3. The van der Waals surface area contributed by atoms with Crippen molar-refractivity contribution in [3.8, 4) is 0 Å². The maximum Gasteiger partial charge on any atom is 0.291 e. The summed E-state index contributed by atoms with van der Waals surface area (Å²) >= 11 is 3.39. The molecule has 5 rings (SSSR count). The maximum atomic E-state index is 13.7. The Bertz CT molecular complexity index is 1050. The van der Waals surface area contributed by atoms with Crippen LogP contribution in [-0.2, 0) is 19.9 Å². The second-order valence-electron chi connectivity index (χ2n) is 8.35. The average molecular weight is 455 g/mol. The molecule has 3 amide bonds. The lowest BCUT2D eigenvalue weighted by molar-refractivity contribution is -0.738. The molecule has 0 bridgehead atoms. The molecule has 148 valence electrons. The number of nitrogens with zero attached hydrogens (tertiary/aromatic N) is 1. The van der Waals surface area contributed by atoms with Crippen LogP contribution in [0.5, 0.6) is 0 Å². The molecule has 29 heavy (non-hydrogen) atoms. The lowest BCUT2D eigenvalue weighted by Gasteiger charge is -2.27. The van der Waals surface area contributed by atoms with Crippen LogP contribution in [0.25, 0.3) is 0 Å². The third-order valence-corrected chi connectivity index (χ3v) is 7.09. The van der Waals surface area contributed by atoms with Gasteiger partial charge in [0.2, 0.25) is 17.4 Å². The van der Waals surface area contributed by atoms with Crippen LogP contribution in [0.1, 0.15) is 19.4 Å². The van der Waals surface area contributed by atoms with Gasteiger partial charge in [0.05, 0.1) is 11.4 Å². The minimum atomic E-state index is -1.10. The minimum absolute atomic E-state index is 0.129. The van der Waals surface area contributed by atoms with E-state index in [-0.39, 0.29) is 29.7 Å². The SMILES string of the molecule is CC(C)[C@H]1[NH2+][C@@]2(C(=O)Nc3ccccc32)[C@H]2C(=O)N(c3ccc(Br)cc3)C(=O)[C@H]12. The van der Waals surface area contributed by atoms with Gasteiger partial charge in [-0.3, -0.25) is 14.4 Å². The number of benzene rings is 2. The highest BCUT2D eigenvalue weighted by molar-refractivity contribution is 9.10. The molecule has 0 saturated carbocycles. The largest absolute Gasteiger partial charge is 0.326 e. The van der Waals surface area contributed by atoms with Crippen molar-refractivity contribution in [2.75, 3.05) is 10.2 Å². The summed E-state index contributed by atoms with van der Waals surface area (Å²) in [6.07, 6.45) is 0. The van der Waals surface area contributed by atoms with Crippen LogP contribution in [0.2, 0.25) is 0 Å². The Morgan fingerprint density at radius 2 is 1.72 bits per heavy atom. The van der Waals surface area contributed by atoms with E-state index in [1.54, 1.807) is 12.1 Å². The van der Waals surface area contributed by atoms with Crippen molar-refractivity contribution in [1.29, 1.82) is 0 Å². The van der Waals surface area contributed by atoms with Crippen LogP contribution < -0.4 is 15.5 Å². The summed E-state index contributed by atoms with van der Waals surface area (Å²) < 4.78 is 0.870. The molecular weight excluding hydrogens is 434 g/mol. The highest BCUT2D eigenvalue weighted by Gasteiger charge is 2.74. The van der Waals surface area contributed by atoms with E-state index < -0.39 is 17.4 Å². The zero-order valence-electron chi connectivity index (χ0n) is 16.1. The van der Waals surface area contributed by atoms with Crippen molar-refractivity contribution in [3.63, 3.8) is 0 Å². The smallest absolute Gasteiger partial charge is 0.291 e. The molecule has 0 radical (unpaired) electrons. The van der Waals surface area contributed by atoms with E-state index in [2.05, 4.69) is 21.2 Å². The van der Waals surface area contributed by atoms with Gasteiger partial charge in [-0.15, -0.1) is 0 Å². The molecule has 6 nitrogen and oxygen atoms in total. The fourth-order valence-electron chi connectivity index (χ4n) is 5.30. The lowest BCUT2D eigenvalue weighted by atomic mass is 9.76. The molecule has 1 spiro atoms. The number of fused-ring (bicyclic) bond motifs is 4. The van der Waals surface area contributed by atoms with Gasteiger partial charge in [-0.05, 0) is 30.3 Å². The molecule has 2 fully saturated rings. The lowest BCUT2D eigenvalue weighted by Crippen LogP contribution is -2.99. The second-order valence-corrected chi connectivity index (χ2v) is 9.26. The Hall–Kier alpha value is -2.51. The van der Waals surface area contributed by atoms with Crippen LogP contribution >= 0.6 is 15.9 Å². The number of halogens is 1. The first-order valence-electron chi connectivity index (χ1n) is 9.76. The van der Waals surface area contributed by atoms with Gasteiger partial charge in [-0.1, -0.05) is 48.0 Å². The molecule has 7 heteroatoms. The Labute approximate surface area is 176 Å². The molecule has 3 aliphatic rings. The number of amides is 3. The van der Waals surface area contributed by atoms with Crippen molar-refractivity contribution >= 4 is 45.0 Å². The van der Waals surface area contributed by atoms with Crippen LogP contribution in [-0.4, -0.2) is 23.8 Å². The molecule has 3 aliphatic heterocycles. The topological polar surface area (TPSA) is 83.1 Å². The number of hydrogen-bond acceptors (Lipinski definition) is 3. The molecule has 2 saturated heterocycles. The molecule has 0 aliphatic carbocycles. The number of anilines is 2. The van der Waals surface area contributed by atoms with E-state index in [0.29, 0.717) is 5.69 Å². The Balaban J connectivity index is 1.68. The number of hydrogen-bond donors (Lipinski definition) is 2. The zero-order valence-corrected chi connectivity index (χ0v) is 17.6. The quantitative estimate of drug-likeness (QED) is 0.680. The van der Waals surface area contributed by atoms with Crippen molar-refractivity contribution in [2.24, 2.45) is 17.8 Å². The summed E-state index contributed by atoms with van der Waals surface area (Å²) in [6.45, 7) is 4.08. The number of para-hydroxylation sites is 1. The van der Waals surface area contributed by atoms with Gasteiger partial charge in [0.1, 0.15) is 17.9 Å². The first-order valence-corrected chi connectivity index (χ1v) is 10.6. The fourth-order valence-corrected chi connectivity index (χ4v) is 5.56. The summed E-state index contributed by atoms with van der Waals surface area (Å²) in [5.41, 5.74) is 0.954. The predicted octanol–water partition coefficient (Wildman–Crippen LogP) is 2.00. The van der Waals surface area contributed by atoms with E-state index in [1.807, 2.05) is 55.6 Å². The molecular formula is C22H21BrN3O3+. The summed E-state index contributed by atoms with van der Waals surface area (Å²) in [5, 5.41) is 4.92. The van der Waals surface area contributed by atoms with E-state index >= 15 is 0 Å². The van der Waals surface area contributed by atoms with Crippen LogP contribution in [0, 0.1) is 17.8 Å². The molecule has 0 aromatic heterocycles. The second kappa shape index (κ2) is 6.24. The zero-order chi connectivity index (χ0) is 20.5. The Morgan fingerprint density at radius 3 is 2.41 bits per heavy atom. The molecule has 3 N–H and O–H groups in total. The van der Waals surface area contributed by atoms with E-state index in [0.717, 1.165) is 15.7 Å². The Morgan fingerprint density at radius 1 is 1.03 bits per heavy atom. The molecule has 2 aromatic carbocycles. The fraction of sp³-hybridized carbons (Fsp3) is 0.318. The third-order valence-electron chi connectivity index (χ3n) is 6.56. The van der Waals surface area contributed by atoms with Crippen molar-refractivity contribution in [3.05, 3.63) is 58.6 Å². The van der Waals surface area contributed by atoms with E-state index in [4.69, 9.17) is 0 Å². The summed E-state index contributed by atoms with van der Waals surface area (Å²) in [4.78, 5) is 41.7. The molecule has 3 heterocycles. The molecule has 0 unspecified atom stereocenters. The molecule has 4 atom stereocenters. The highest BCUT2D eigenvalue weighted by Crippen LogP contribution is 2.50. The summed E-state index contributed by atoms with van der Waals surface area (Å²) in [6, 6.07) is 14.4. The molecule has 2 aromatic rings. The van der Waals surface area contributed by atoms with E-state index in [9.17, 15) is 14.4 Å². The standard InChI is InChI=1S/C22H20BrN3O3/c1-11(2)18-16-17(20(28)26(19(16)27)13-9-7-12(23)8-10-13)22(25-18)14-5-3-4-6-15(14)24-21(22)29/h3-11,16-18,25H,1-2H3,(H,24,29)/p+1/t16-,17+,18+,22+/m0/s1. The van der Waals surface area contributed by atoms with Crippen molar-refractivity contribution in [1.82, 2.24) is 0 Å². The number of rotatable bonds is 2. The van der Waals surface area contributed by atoms with Crippen LogP contribution in [0.3, 0.4) is 0 Å². The number of imide groups is 1. The monoisotopic (exact) mass is 454 g/mol. The normalized spacial score (nSPS) is 30.3. The number of quaternary nitrogens is 1. The van der Waals surface area contributed by atoms with Gasteiger partial charge in [-0.25, -0.2) is 4.90 Å². The van der Waals surface area contributed by atoms with Gasteiger partial charge in [-0.2, -0.15) is 0 Å². The van der Waals surface area contributed by atoms with E-state index in [1.165, 1.54) is 4.90 Å². The van der Waals surface area contributed by atoms with Crippen molar-refractivity contribution in [2.45, 2.75) is 25.4 Å². The highest BCUT2D eigenvalue weighted by atomic mass is 79.9. The number of nitrogens with one attached hydrogen (secondary N) is 1. The average Bonchev–Trinajstić information content (AvgIpc) is 3.28. The van der Waals surface area contributed by atoms with Crippen molar-refractivity contribution < 1.29 is 19.7 Å². The summed E-state index contributed by atoms with van der Waals surface area (Å²) in [5.74, 6) is -1.86. The number of nitrogens with two attached hydrogens (primary N) is 1. The maximum absolute atomic E-state index is 13.7.